The molecule has 0 atom stereocenters. The molecule has 0 aromatic heterocycles. The highest BCUT2D eigenvalue weighted by Crippen LogP contribution is 2.28. The largest absolute Gasteiger partial charge is 0.497 e. The summed E-state index contributed by atoms with van der Waals surface area (Å²) in [5.41, 5.74) is 7.21. The van der Waals surface area contributed by atoms with E-state index in [4.69, 9.17) is 15.2 Å². The summed E-state index contributed by atoms with van der Waals surface area (Å²) < 4.78 is 10.8. The molecule has 4 heteroatoms. The summed E-state index contributed by atoms with van der Waals surface area (Å²) in [5.74, 6) is 1.81. The third kappa shape index (κ3) is 4.11. The van der Waals surface area contributed by atoms with Crippen molar-refractivity contribution < 1.29 is 9.47 Å². The SMILES string of the molecule is CCN(Cc1cc(OC)ccc1OC)C1CCC(N)CC1. The Kier molecular flexibility index (Phi) is 5.88. The first-order valence-electron chi connectivity index (χ1n) is 7.88. The van der Waals surface area contributed by atoms with E-state index in [1.54, 1.807) is 14.2 Å². The minimum Gasteiger partial charge on any atom is -0.497 e. The van der Waals surface area contributed by atoms with Crippen molar-refractivity contribution in [3.63, 3.8) is 0 Å². The summed E-state index contributed by atoms with van der Waals surface area (Å²) in [5, 5.41) is 0. The molecular weight excluding hydrogens is 264 g/mol. The Balaban J connectivity index is 2.10. The van der Waals surface area contributed by atoms with Crippen LogP contribution in [-0.2, 0) is 6.54 Å². The lowest BCUT2D eigenvalue weighted by atomic mass is 9.90. The number of nitrogens with two attached hydrogens (primary N) is 1. The number of hydrogen-bond acceptors (Lipinski definition) is 4. The lowest BCUT2D eigenvalue weighted by Crippen LogP contribution is -2.40. The first-order chi connectivity index (χ1) is 10.2. The van der Waals surface area contributed by atoms with Gasteiger partial charge in [-0.25, -0.2) is 0 Å². The van der Waals surface area contributed by atoms with Gasteiger partial charge in [0.25, 0.3) is 0 Å². The molecule has 1 aliphatic carbocycles. The van der Waals surface area contributed by atoms with Crippen molar-refractivity contribution in [3.05, 3.63) is 23.8 Å². The summed E-state index contributed by atoms with van der Waals surface area (Å²) in [6, 6.07) is 7.03. The molecule has 0 heterocycles. The van der Waals surface area contributed by atoms with Crippen molar-refractivity contribution in [3.8, 4) is 11.5 Å². The molecule has 1 aromatic carbocycles. The first kappa shape index (κ1) is 16.1. The zero-order valence-electron chi connectivity index (χ0n) is 13.5. The van der Waals surface area contributed by atoms with Gasteiger partial charge in [0, 0.05) is 24.2 Å². The van der Waals surface area contributed by atoms with Crippen molar-refractivity contribution in [2.24, 2.45) is 5.73 Å². The maximum absolute atomic E-state index is 6.02. The van der Waals surface area contributed by atoms with E-state index in [2.05, 4.69) is 17.9 Å². The molecule has 2 rings (SSSR count). The molecule has 0 radical (unpaired) electrons. The number of nitrogens with zero attached hydrogens (tertiary/aromatic N) is 1. The number of hydrogen-bond donors (Lipinski definition) is 1. The average Bonchev–Trinajstić information content (AvgIpc) is 2.53. The van der Waals surface area contributed by atoms with Gasteiger partial charge in [0.15, 0.2) is 0 Å². The maximum Gasteiger partial charge on any atom is 0.123 e. The minimum atomic E-state index is 0.395. The molecule has 0 amide bonds. The van der Waals surface area contributed by atoms with E-state index in [1.807, 2.05) is 12.1 Å². The third-order valence-electron chi connectivity index (χ3n) is 4.52. The zero-order chi connectivity index (χ0) is 15.2. The van der Waals surface area contributed by atoms with Crippen molar-refractivity contribution in [2.45, 2.75) is 51.2 Å². The summed E-state index contributed by atoms with van der Waals surface area (Å²) in [7, 11) is 3.42. The summed E-state index contributed by atoms with van der Waals surface area (Å²) in [6.45, 7) is 4.16. The fraction of sp³-hybridized carbons (Fsp3) is 0.647. The van der Waals surface area contributed by atoms with Crippen LogP contribution in [0.2, 0.25) is 0 Å². The molecular formula is C17H28N2O2. The van der Waals surface area contributed by atoms with Crippen LogP contribution in [0.1, 0.15) is 38.2 Å². The Bertz CT molecular complexity index is 442. The Morgan fingerprint density at radius 3 is 2.43 bits per heavy atom. The molecule has 1 aliphatic rings. The second-order valence-electron chi connectivity index (χ2n) is 5.81. The van der Waals surface area contributed by atoms with E-state index in [0.717, 1.165) is 37.4 Å². The van der Waals surface area contributed by atoms with Crippen LogP contribution in [0.15, 0.2) is 18.2 Å². The van der Waals surface area contributed by atoms with Crippen LogP contribution < -0.4 is 15.2 Å². The molecule has 1 fully saturated rings. The van der Waals surface area contributed by atoms with E-state index in [0.29, 0.717) is 12.1 Å². The topological polar surface area (TPSA) is 47.7 Å². The van der Waals surface area contributed by atoms with Crippen LogP contribution in [0, 0.1) is 0 Å². The molecule has 118 valence electrons. The molecule has 21 heavy (non-hydrogen) atoms. The van der Waals surface area contributed by atoms with E-state index >= 15 is 0 Å². The zero-order valence-corrected chi connectivity index (χ0v) is 13.5. The molecule has 1 aromatic rings. The van der Waals surface area contributed by atoms with Gasteiger partial charge < -0.3 is 15.2 Å². The van der Waals surface area contributed by atoms with Crippen LogP contribution in [0.4, 0.5) is 0 Å². The Hall–Kier alpha value is -1.26. The number of rotatable bonds is 6. The van der Waals surface area contributed by atoms with Crippen LogP contribution >= 0.6 is 0 Å². The average molecular weight is 292 g/mol. The first-order valence-corrected chi connectivity index (χ1v) is 7.88. The highest BCUT2D eigenvalue weighted by Gasteiger charge is 2.24. The lowest BCUT2D eigenvalue weighted by Gasteiger charge is -2.35. The van der Waals surface area contributed by atoms with Crippen molar-refractivity contribution in [1.29, 1.82) is 0 Å². The second kappa shape index (κ2) is 7.66. The molecule has 4 nitrogen and oxygen atoms in total. The second-order valence-corrected chi connectivity index (χ2v) is 5.81. The van der Waals surface area contributed by atoms with Crippen LogP contribution in [0.25, 0.3) is 0 Å². The molecule has 0 spiro atoms. The van der Waals surface area contributed by atoms with Gasteiger partial charge in [-0.1, -0.05) is 6.92 Å². The van der Waals surface area contributed by atoms with Gasteiger partial charge in [-0.05, 0) is 50.4 Å². The van der Waals surface area contributed by atoms with Gasteiger partial charge >= 0.3 is 0 Å². The number of methoxy groups -OCH3 is 2. The van der Waals surface area contributed by atoms with Crippen molar-refractivity contribution in [1.82, 2.24) is 4.90 Å². The quantitative estimate of drug-likeness (QED) is 0.876. The fourth-order valence-corrected chi connectivity index (χ4v) is 3.19. The molecule has 2 N–H and O–H groups in total. The van der Waals surface area contributed by atoms with E-state index in [9.17, 15) is 0 Å². The van der Waals surface area contributed by atoms with Crippen molar-refractivity contribution >= 4 is 0 Å². The highest BCUT2D eigenvalue weighted by molar-refractivity contribution is 5.40. The van der Waals surface area contributed by atoms with E-state index in [1.165, 1.54) is 18.4 Å². The Morgan fingerprint density at radius 2 is 1.86 bits per heavy atom. The van der Waals surface area contributed by atoms with Gasteiger partial charge in [-0.2, -0.15) is 0 Å². The third-order valence-corrected chi connectivity index (χ3v) is 4.52. The summed E-state index contributed by atoms with van der Waals surface area (Å²) in [4.78, 5) is 2.53. The highest BCUT2D eigenvalue weighted by atomic mass is 16.5. The van der Waals surface area contributed by atoms with Crippen LogP contribution in [-0.4, -0.2) is 37.7 Å². The summed E-state index contributed by atoms with van der Waals surface area (Å²) in [6.07, 6.45) is 4.66. The smallest absolute Gasteiger partial charge is 0.123 e. The monoisotopic (exact) mass is 292 g/mol. The predicted molar refractivity (Wildman–Crippen MR) is 85.9 cm³/mol. The maximum atomic E-state index is 6.02. The van der Waals surface area contributed by atoms with E-state index < -0.39 is 0 Å². The number of benzene rings is 1. The molecule has 0 aliphatic heterocycles. The van der Waals surface area contributed by atoms with Gasteiger partial charge in [0.05, 0.1) is 14.2 Å². The fourth-order valence-electron chi connectivity index (χ4n) is 3.19. The Morgan fingerprint density at radius 1 is 1.14 bits per heavy atom. The van der Waals surface area contributed by atoms with E-state index in [-0.39, 0.29) is 0 Å². The van der Waals surface area contributed by atoms with Crippen molar-refractivity contribution in [2.75, 3.05) is 20.8 Å². The lowest BCUT2D eigenvalue weighted by molar-refractivity contribution is 0.148. The van der Waals surface area contributed by atoms with Gasteiger partial charge in [0.1, 0.15) is 11.5 Å². The van der Waals surface area contributed by atoms with Crippen LogP contribution in [0.5, 0.6) is 11.5 Å². The minimum absolute atomic E-state index is 0.395. The number of ether oxygens (including phenoxy) is 2. The molecule has 0 bridgehead atoms. The summed E-state index contributed by atoms with van der Waals surface area (Å²) >= 11 is 0. The standard InChI is InChI=1S/C17H28N2O2/c1-4-19(15-7-5-14(18)6-8-15)12-13-11-16(20-2)9-10-17(13)21-3/h9-11,14-15H,4-8,12,18H2,1-3H3. The van der Waals surface area contributed by atoms with Crippen LogP contribution in [0.3, 0.4) is 0 Å². The normalized spacial score (nSPS) is 22.3. The Labute approximate surface area is 128 Å². The van der Waals surface area contributed by atoms with Gasteiger partial charge in [0.2, 0.25) is 0 Å². The molecule has 0 saturated heterocycles. The van der Waals surface area contributed by atoms with Gasteiger partial charge in [-0.15, -0.1) is 0 Å². The molecule has 0 unspecified atom stereocenters. The molecule has 1 saturated carbocycles. The predicted octanol–water partition coefficient (Wildman–Crippen LogP) is 2.80. The van der Waals surface area contributed by atoms with Gasteiger partial charge in [-0.3, -0.25) is 4.90 Å².